The van der Waals surface area contributed by atoms with E-state index in [9.17, 15) is 19.2 Å². The van der Waals surface area contributed by atoms with Crippen molar-refractivity contribution in [1.29, 1.82) is 0 Å². The quantitative estimate of drug-likeness (QED) is 0.264. The lowest BCUT2D eigenvalue weighted by Gasteiger charge is -2.17. The number of pyridine rings is 1. The van der Waals surface area contributed by atoms with Crippen LogP contribution >= 0.6 is 0 Å². The highest BCUT2D eigenvalue weighted by Gasteiger charge is 2.23. The molecular weight excluding hydrogens is 492 g/mol. The molecule has 5 N–H and O–H groups in total. The van der Waals surface area contributed by atoms with Crippen molar-refractivity contribution in [2.24, 2.45) is 11.7 Å². The van der Waals surface area contributed by atoms with E-state index in [1.54, 1.807) is 12.3 Å². The Morgan fingerprint density at radius 1 is 1.26 bits per heavy atom. The van der Waals surface area contributed by atoms with Gasteiger partial charge in [0.05, 0.1) is 25.8 Å². The minimum Gasteiger partial charge on any atom is -0.491 e. The number of anilines is 1. The Hall–Kier alpha value is -4.61. The van der Waals surface area contributed by atoms with Gasteiger partial charge in [-0.25, -0.2) is 9.78 Å². The summed E-state index contributed by atoms with van der Waals surface area (Å²) in [6.07, 6.45) is 6.25. The second-order valence-corrected chi connectivity index (χ2v) is 9.00. The summed E-state index contributed by atoms with van der Waals surface area (Å²) in [5.41, 5.74) is 6.15. The highest BCUT2D eigenvalue weighted by molar-refractivity contribution is 5.96. The van der Waals surface area contributed by atoms with Crippen LogP contribution in [0.4, 0.5) is 10.5 Å². The molecule has 2 heterocycles. The third kappa shape index (κ3) is 6.99. The zero-order valence-electron chi connectivity index (χ0n) is 20.9. The molecule has 1 fully saturated rings. The molecule has 2 aromatic heterocycles. The van der Waals surface area contributed by atoms with Crippen molar-refractivity contribution in [3.8, 4) is 5.75 Å². The third-order valence-electron chi connectivity index (χ3n) is 6.00. The number of amides is 3. The molecule has 200 valence electrons. The molecule has 38 heavy (non-hydrogen) atoms. The van der Waals surface area contributed by atoms with Crippen LogP contribution in [-0.2, 0) is 20.9 Å². The molecule has 1 unspecified atom stereocenters. The first-order chi connectivity index (χ1) is 18.3. The number of aromatic amines is 1. The number of H-pyrrole nitrogens is 1. The zero-order chi connectivity index (χ0) is 27.1. The second-order valence-electron chi connectivity index (χ2n) is 9.00. The fraction of sp³-hybridized carbons (Fsp3) is 0.346. The smallest absolute Gasteiger partial charge is 0.407 e. The van der Waals surface area contributed by atoms with Gasteiger partial charge >= 0.3 is 6.09 Å². The largest absolute Gasteiger partial charge is 0.491 e. The number of hydrogen-bond donors (Lipinski definition) is 4. The standard InChI is InChI=1S/C26H30N6O6/c1-37-26(36)30-18(6-2-3-10-21(27)33)24(34)29-19-8-5-13-32(25(19)35)14-22-28-17-7-4-9-20(23(17)31-22)38-15-16-11-12-16/h3-5,7-10,13,16,18H,2,6,11-12,14-15H2,1H3,(H2,27,33)(H,28,31)(H,29,34)(H,30,36)/b10-3+. The average molecular weight is 523 g/mol. The Morgan fingerprint density at radius 2 is 2.08 bits per heavy atom. The molecular formula is C26H30N6O6. The van der Waals surface area contributed by atoms with Gasteiger partial charge in [0.2, 0.25) is 11.8 Å². The number of benzene rings is 1. The van der Waals surface area contributed by atoms with Crippen molar-refractivity contribution >= 4 is 34.6 Å². The summed E-state index contributed by atoms with van der Waals surface area (Å²) in [4.78, 5) is 56.5. The summed E-state index contributed by atoms with van der Waals surface area (Å²) >= 11 is 0. The van der Waals surface area contributed by atoms with Crippen molar-refractivity contribution in [2.45, 2.75) is 38.3 Å². The van der Waals surface area contributed by atoms with E-state index in [-0.39, 0.29) is 25.1 Å². The summed E-state index contributed by atoms with van der Waals surface area (Å²) in [7, 11) is 1.17. The van der Waals surface area contributed by atoms with E-state index in [1.165, 1.54) is 42.7 Å². The van der Waals surface area contributed by atoms with Crippen LogP contribution in [0.5, 0.6) is 5.75 Å². The minimum atomic E-state index is -1.02. The molecule has 0 radical (unpaired) electrons. The fourth-order valence-corrected chi connectivity index (χ4v) is 3.81. The molecule has 1 atom stereocenters. The van der Waals surface area contributed by atoms with Gasteiger partial charge < -0.3 is 35.4 Å². The average Bonchev–Trinajstić information content (AvgIpc) is 3.63. The fourth-order valence-electron chi connectivity index (χ4n) is 3.81. The van der Waals surface area contributed by atoms with Crippen LogP contribution < -0.4 is 26.7 Å². The molecule has 1 aliphatic carbocycles. The number of carbonyl (C=O) groups is 3. The normalized spacial score (nSPS) is 13.8. The molecule has 0 saturated heterocycles. The van der Waals surface area contributed by atoms with Crippen molar-refractivity contribution in [2.75, 3.05) is 19.0 Å². The molecule has 1 aliphatic rings. The Balaban J connectivity index is 1.47. The predicted octanol–water partition coefficient (Wildman–Crippen LogP) is 2.05. The predicted molar refractivity (Wildman–Crippen MR) is 140 cm³/mol. The molecule has 12 heteroatoms. The van der Waals surface area contributed by atoms with Crippen LogP contribution in [0.1, 0.15) is 31.5 Å². The molecule has 12 nitrogen and oxygen atoms in total. The third-order valence-corrected chi connectivity index (χ3v) is 6.00. The minimum absolute atomic E-state index is 0.0337. The maximum atomic E-state index is 13.1. The van der Waals surface area contributed by atoms with Crippen LogP contribution in [0.2, 0.25) is 0 Å². The van der Waals surface area contributed by atoms with E-state index < -0.39 is 29.5 Å². The summed E-state index contributed by atoms with van der Waals surface area (Å²) < 4.78 is 11.9. The number of alkyl carbamates (subject to hydrolysis) is 1. The topological polar surface area (TPSA) is 170 Å². The number of nitrogens with zero attached hydrogens (tertiary/aromatic N) is 2. The number of rotatable bonds is 12. The number of para-hydroxylation sites is 1. The Bertz CT molecular complexity index is 1410. The monoisotopic (exact) mass is 522 g/mol. The molecule has 0 spiro atoms. The highest BCUT2D eigenvalue weighted by Crippen LogP contribution is 2.31. The molecule has 4 rings (SSSR count). The van der Waals surface area contributed by atoms with Gasteiger partial charge in [0.25, 0.3) is 5.56 Å². The highest BCUT2D eigenvalue weighted by atomic mass is 16.5. The summed E-state index contributed by atoms with van der Waals surface area (Å²) in [6, 6.07) is 7.71. The van der Waals surface area contributed by atoms with E-state index >= 15 is 0 Å². The second kappa shape index (κ2) is 12.1. The lowest BCUT2D eigenvalue weighted by molar-refractivity contribution is -0.118. The lowest BCUT2D eigenvalue weighted by atomic mass is 10.1. The summed E-state index contributed by atoms with van der Waals surface area (Å²) in [6.45, 7) is 0.809. The van der Waals surface area contributed by atoms with E-state index in [4.69, 9.17) is 10.5 Å². The summed E-state index contributed by atoms with van der Waals surface area (Å²) in [5.74, 6) is 0.649. The number of nitrogens with one attached hydrogen (secondary N) is 3. The van der Waals surface area contributed by atoms with Crippen LogP contribution in [0.3, 0.4) is 0 Å². The van der Waals surface area contributed by atoms with E-state index in [0.717, 1.165) is 16.8 Å². The van der Waals surface area contributed by atoms with Gasteiger partial charge in [-0.05, 0) is 61.9 Å². The number of methoxy groups -OCH3 is 1. The van der Waals surface area contributed by atoms with Gasteiger partial charge in [-0.15, -0.1) is 0 Å². The molecule has 3 amide bonds. The molecule has 1 saturated carbocycles. The number of primary amides is 1. The number of imidazole rings is 1. The first kappa shape index (κ1) is 26.5. The van der Waals surface area contributed by atoms with E-state index in [1.807, 2.05) is 18.2 Å². The van der Waals surface area contributed by atoms with Gasteiger partial charge in [0, 0.05) is 6.20 Å². The van der Waals surface area contributed by atoms with Crippen LogP contribution in [0.15, 0.2) is 53.5 Å². The van der Waals surface area contributed by atoms with Gasteiger partial charge in [-0.3, -0.25) is 14.4 Å². The molecule has 0 aliphatic heterocycles. The van der Waals surface area contributed by atoms with Crippen molar-refractivity contribution in [3.63, 3.8) is 0 Å². The maximum Gasteiger partial charge on any atom is 0.407 e. The molecule has 1 aromatic carbocycles. The number of carbonyl (C=O) groups excluding carboxylic acids is 3. The first-order valence-corrected chi connectivity index (χ1v) is 12.2. The maximum absolute atomic E-state index is 13.1. The Labute approximate surface area is 218 Å². The van der Waals surface area contributed by atoms with Gasteiger partial charge in [-0.2, -0.15) is 0 Å². The number of hydrogen-bond acceptors (Lipinski definition) is 7. The zero-order valence-corrected chi connectivity index (χ0v) is 20.9. The SMILES string of the molecule is COC(=O)NC(CC/C=C/C(N)=O)C(=O)Nc1cccn(Cc2nc3cccc(OCC4CC4)c3[nH]2)c1=O. The van der Waals surface area contributed by atoms with Crippen molar-refractivity contribution < 1.29 is 23.9 Å². The summed E-state index contributed by atoms with van der Waals surface area (Å²) in [5, 5.41) is 5.01. The molecule has 0 bridgehead atoms. The number of aromatic nitrogens is 3. The number of nitrogens with two attached hydrogens (primary N) is 1. The van der Waals surface area contributed by atoms with E-state index in [0.29, 0.717) is 18.3 Å². The van der Waals surface area contributed by atoms with Crippen LogP contribution in [-0.4, -0.2) is 52.2 Å². The van der Waals surface area contributed by atoms with Crippen molar-refractivity contribution in [3.05, 3.63) is 64.9 Å². The van der Waals surface area contributed by atoms with Gasteiger partial charge in [0.1, 0.15) is 28.8 Å². The lowest BCUT2D eigenvalue weighted by Crippen LogP contribution is -2.44. The number of allylic oxidation sites excluding steroid dienone is 1. The Kier molecular flexibility index (Phi) is 8.41. The van der Waals surface area contributed by atoms with E-state index in [2.05, 4.69) is 25.3 Å². The number of fused-ring (bicyclic) bond motifs is 1. The van der Waals surface area contributed by atoms with Crippen LogP contribution in [0, 0.1) is 5.92 Å². The number of ether oxygens (including phenoxy) is 2. The van der Waals surface area contributed by atoms with Gasteiger partial charge in [-0.1, -0.05) is 12.1 Å². The molecule has 3 aromatic rings. The van der Waals surface area contributed by atoms with Crippen molar-refractivity contribution in [1.82, 2.24) is 19.9 Å². The van der Waals surface area contributed by atoms with Gasteiger partial charge in [0.15, 0.2) is 0 Å². The Morgan fingerprint density at radius 3 is 2.82 bits per heavy atom. The first-order valence-electron chi connectivity index (χ1n) is 12.2. The van der Waals surface area contributed by atoms with Crippen LogP contribution in [0.25, 0.3) is 11.0 Å².